The molecule has 22 heavy (non-hydrogen) atoms. The molecule has 0 aromatic heterocycles. The van der Waals surface area contributed by atoms with Gasteiger partial charge in [-0.15, -0.1) is 0 Å². The Labute approximate surface area is 135 Å². The van der Waals surface area contributed by atoms with E-state index in [0.717, 1.165) is 30.1 Å². The van der Waals surface area contributed by atoms with E-state index < -0.39 is 0 Å². The van der Waals surface area contributed by atoms with Gasteiger partial charge in [0.25, 0.3) is 0 Å². The second-order valence-corrected chi connectivity index (χ2v) is 9.25. The van der Waals surface area contributed by atoms with E-state index in [9.17, 15) is 4.79 Å². The Hall–Kier alpha value is -0.370. The van der Waals surface area contributed by atoms with Crippen LogP contribution in [-0.2, 0) is 9.53 Å². The average molecular weight is 304 g/mol. The molecule has 4 saturated carbocycles. The topological polar surface area (TPSA) is 26.3 Å². The van der Waals surface area contributed by atoms with Gasteiger partial charge in [0, 0.05) is 18.9 Å². The van der Waals surface area contributed by atoms with E-state index >= 15 is 0 Å². The van der Waals surface area contributed by atoms with Crippen molar-refractivity contribution in [2.24, 2.45) is 35.0 Å². The number of carbonyl (C=O) groups is 1. The highest BCUT2D eigenvalue weighted by atomic mass is 16.5. The van der Waals surface area contributed by atoms with Crippen LogP contribution in [0.15, 0.2) is 0 Å². The Morgan fingerprint density at radius 2 is 1.73 bits per heavy atom. The van der Waals surface area contributed by atoms with Gasteiger partial charge < -0.3 is 4.74 Å². The van der Waals surface area contributed by atoms with Gasteiger partial charge in [-0.05, 0) is 87.9 Å². The van der Waals surface area contributed by atoms with Crippen LogP contribution in [0.3, 0.4) is 0 Å². The van der Waals surface area contributed by atoms with Crippen molar-refractivity contribution >= 4 is 5.78 Å². The molecule has 4 aliphatic carbocycles. The minimum atomic E-state index is 0.0454. The standard InChI is InChI=1S/C20H32O2/c1-19(22-3)10-8-14-13(12-19)4-5-16-15(14)9-11-20(2)17(16)6-7-18(20)21/h13-17H,4-12H2,1-3H3. The van der Waals surface area contributed by atoms with E-state index in [2.05, 4.69) is 13.8 Å². The maximum Gasteiger partial charge on any atom is 0.139 e. The molecule has 4 rings (SSSR count). The fourth-order valence-electron chi connectivity index (χ4n) is 7.02. The SMILES string of the molecule is COC1(C)CCC2C(CCC3C2CCC2(C)C(=O)CCC32)C1. The molecule has 0 saturated heterocycles. The summed E-state index contributed by atoms with van der Waals surface area (Å²) < 4.78 is 5.82. The zero-order valence-corrected chi connectivity index (χ0v) is 14.6. The molecule has 0 aromatic carbocycles. The highest BCUT2D eigenvalue weighted by Crippen LogP contribution is 2.62. The van der Waals surface area contributed by atoms with Crippen LogP contribution in [0.2, 0.25) is 0 Å². The predicted octanol–water partition coefficient (Wildman–Crippen LogP) is 4.61. The van der Waals surface area contributed by atoms with Crippen molar-refractivity contribution in [3.05, 3.63) is 0 Å². The lowest BCUT2D eigenvalue weighted by atomic mass is 9.50. The van der Waals surface area contributed by atoms with Gasteiger partial charge in [0.2, 0.25) is 0 Å². The van der Waals surface area contributed by atoms with Crippen LogP contribution in [0.4, 0.5) is 0 Å². The number of Topliss-reactive ketones (excluding diaryl/α,β-unsaturated/α-hetero) is 1. The third-order valence-electron chi connectivity index (χ3n) is 8.42. The molecule has 4 aliphatic rings. The van der Waals surface area contributed by atoms with Crippen LogP contribution in [0.5, 0.6) is 0 Å². The Morgan fingerprint density at radius 1 is 0.955 bits per heavy atom. The second-order valence-electron chi connectivity index (χ2n) is 9.25. The zero-order chi connectivity index (χ0) is 15.5. The first-order valence-corrected chi connectivity index (χ1v) is 9.55. The van der Waals surface area contributed by atoms with Gasteiger partial charge in [0.05, 0.1) is 5.60 Å². The minimum absolute atomic E-state index is 0.0454. The first kappa shape index (κ1) is 15.2. The maximum absolute atomic E-state index is 12.4. The zero-order valence-electron chi connectivity index (χ0n) is 14.6. The molecule has 7 unspecified atom stereocenters. The van der Waals surface area contributed by atoms with E-state index in [4.69, 9.17) is 4.74 Å². The highest BCUT2D eigenvalue weighted by molar-refractivity contribution is 5.87. The predicted molar refractivity (Wildman–Crippen MR) is 87.5 cm³/mol. The molecule has 0 spiro atoms. The summed E-state index contributed by atoms with van der Waals surface area (Å²) in [5, 5.41) is 0. The average Bonchev–Trinajstić information content (AvgIpc) is 2.82. The molecule has 0 N–H and O–H groups in total. The first-order chi connectivity index (χ1) is 10.5. The lowest BCUT2D eigenvalue weighted by molar-refractivity contribution is -0.136. The van der Waals surface area contributed by atoms with Crippen LogP contribution >= 0.6 is 0 Å². The van der Waals surface area contributed by atoms with Gasteiger partial charge in [0.15, 0.2) is 0 Å². The lowest BCUT2D eigenvalue weighted by Crippen LogP contribution is -2.50. The van der Waals surface area contributed by atoms with E-state index in [1.54, 1.807) is 0 Å². The summed E-state index contributed by atoms with van der Waals surface area (Å²) >= 11 is 0. The van der Waals surface area contributed by atoms with E-state index in [-0.39, 0.29) is 11.0 Å². The molecule has 2 heteroatoms. The Balaban J connectivity index is 1.55. The number of methoxy groups -OCH3 is 1. The molecule has 0 aliphatic heterocycles. The van der Waals surface area contributed by atoms with Crippen LogP contribution < -0.4 is 0 Å². The number of ketones is 1. The number of rotatable bonds is 1. The summed E-state index contributed by atoms with van der Waals surface area (Å²) in [6.45, 7) is 4.60. The quantitative estimate of drug-likeness (QED) is 0.707. The van der Waals surface area contributed by atoms with E-state index in [1.807, 2.05) is 7.11 Å². The van der Waals surface area contributed by atoms with Gasteiger partial charge in [-0.25, -0.2) is 0 Å². The molecule has 2 nitrogen and oxygen atoms in total. The van der Waals surface area contributed by atoms with E-state index in [0.29, 0.717) is 11.7 Å². The summed E-state index contributed by atoms with van der Waals surface area (Å²) in [5.74, 6) is 4.83. The van der Waals surface area contributed by atoms with Crippen LogP contribution in [0, 0.1) is 35.0 Å². The Kier molecular flexibility index (Phi) is 3.49. The molecule has 0 heterocycles. The highest BCUT2D eigenvalue weighted by Gasteiger charge is 2.57. The second kappa shape index (κ2) is 5.06. The summed E-state index contributed by atoms with van der Waals surface area (Å²) in [7, 11) is 1.89. The summed E-state index contributed by atoms with van der Waals surface area (Å²) in [6.07, 6.45) is 11.1. The van der Waals surface area contributed by atoms with E-state index in [1.165, 1.54) is 51.4 Å². The van der Waals surface area contributed by atoms with Crippen molar-refractivity contribution in [1.29, 1.82) is 0 Å². The van der Waals surface area contributed by atoms with Gasteiger partial charge in [0.1, 0.15) is 5.78 Å². The Morgan fingerprint density at radius 3 is 2.50 bits per heavy atom. The third kappa shape index (κ3) is 2.05. The molecule has 0 radical (unpaired) electrons. The molecule has 4 fully saturated rings. The molecule has 0 amide bonds. The normalized spacial score (nSPS) is 54.5. The number of carbonyl (C=O) groups excluding carboxylic acids is 1. The fourth-order valence-corrected chi connectivity index (χ4v) is 7.02. The maximum atomic E-state index is 12.4. The van der Waals surface area contributed by atoms with Crippen molar-refractivity contribution in [2.75, 3.05) is 7.11 Å². The van der Waals surface area contributed by atoms with Gasteiger partial charge in [-0.1, -0.05) is 6.92 Å². The van der Waals surface area contributed by atoms with Crippen LogP contribution in [-0.4, -0.2) is 18.5 Å². The molecular formula is C20H32O2. The number of hydrogen-bond acceptors (Lipinski definition) is 2. The summed E-state index contributed by atoms with van der Waals surface area (Å²) in [6, 6.07) is 0. The van der Waals surface area contributed by atoms with Crippen molar-refractivity contribution in [3.63, 3.8) is 0 Å². The largest absolute Gasteiger partial charge is 0.379 e. The smallest absolute Gasteiger partial charge is 0.139 e. The number of fused-ring (bicyclic) bond motifs is 5. The molecule has 0 bridgehead atoms. The summed E-state index contributed by atoms with van der Waals surface area (Å²) in [4.78, 5) is 12.4. The minimum Gasteiger partial charge on any atom is -0.379 e. The van der Waals surface area contributed by atoms with Crippen LogP contribution in [0.1, 0.15) is 71.6 Å². The fraction of sp³-hybridized carbons (Fsp3) is 0.950. The molecular weight excluding hydrogens is 272 g/mol. The third-order valence-corrected chi connectivity index (χ3v) is 8.42. The molecule has 124 valence electrons. The molecule has 0 aromatic rings. The summed E-state index contributed by atoms with van der Waals surface area (Å²) in [5.41, 5.74) is 0.171. The van der Waals surface area contributed by atoms with Crippen molar-refractivity contribution in [3.8, 4) is 0 Å². The van der Waals surface area contributed by atoms with Crippen molar-refractivity contribution in [2.45, 2.75) is 77.2 Å². The van der Waals surface area contributed by atoms with Crippen molar-refractivity contribution < 1.29 is 9.53 Å². The van der Waals surface area contributed by atoms with Crippen LogP contribution in [0.25, 0.3) is 0 Å². The first-order valence-electron chi connectivity index (χ1n) is 9.55. The monoisotopic (exact) mass is 304 g/mol. The number of hydrogen-bond donors (Lipinski definition) is 0. The van der Waals surface area contributed by atoms with Gasteiger partial charge >= 0.3 is 0 Å². The Bertz CT molecular complexity index is 472. The lowest BCUT2D eigenvalue weighted by Gasteiger charge is -2.56. The molecule has 7 atom stereocenters. The van der Waals surface area contributed by atoms with Crippen molar-refractivity contribution in [1.82, 2.24) is 0 Å². The number of ether oxygens (including phenoxy) is 1. The van der Waals surface area contributed by atoms with Gasteiger partial charge in [-0.2, -0.15) is 0 Å². The van der Waals surface area contributed by atoms with Gasteiger partial charge in [-0.3, -0.25) is 4.79 Å².